The van der Waals surface area contributed by atoms with Gasteiger partial charge in [-0.05, 0) is 66.8 Å². The summed E-state index contributed by atoms with van der Waals surface area (Å²) in [5.41, 5.74) is 10.7. The number of amides is 8. The van der Waals surface area contributed by atoms with Crippen LogP contribution >= 0.6 is 78.9 Å². The van der Waals surface area contributed by atoms with E-state index in [1.54, 1.807) is 0 Å². The SMILES string of the molecule is O=C1C2=C(S[C@]34C(=O)N(Cc5ccccc5)C(=O)[C@@]3(S2)C2c3ccccc3C4(Br)c3ccccc32)C(=O)N1Cc1ccccc1.O=C1C2=C(S[C@]34C(=O)N(Cc5ccccc5)C(=O)[C@@]3(S2)C2c3ccccc3C4(Br)c3ccccc32)C(=O)N1Cc1ccccc1. The molecule has 2 saturated heterocycles. The molecule has 4 bridgehead atoms. The Morgan fingerprint density at radius 1 is 0.289 bits per heavy atom. The molecule has 6 aliphatic carbocycles. The van der Waals surface area contributed by atoms with Crippen molar-refractivity contribution in [2.45, 2.75) is 65.7 Å². The van der Waals surface area contributed by atoms with Crippen molar-refractivity contribution in [3.63, 3.8) is 0 Å². The van der Waals surface area contributed by atoms with Gasteiger partial charge in [-0.15, -0.1) is 0 Å². The largest absolute Gasteiger partial charge is 0.275 e. The zero-order chi connectivity index (χ0) is 61.4. The fraction of sp³-hybridized carbons (Fsp3) is 0.167. The zero-order valence-electron chi connectivity index (χ0n) is 47.2. The van der Waals surface area contributed by atoms with Crippen molar-refractivity contribution in [3.05, 3.63) is 305 Å². The Kier molecular flexibility index (Phi) is 12.4. The molecule has 2 fully saturated rings. The molecule has 0 spiro atoms. The highest BCUT2D eigenvalue weighted by Crippen LogP contribution is 2.83. The van der Waals surface area contributed by atoms with E-state index in [0.29, 0.717) is 0 Å². The summed E-state index contributed by atoms with van der Waals surface area (Å²) in [6, 6.07) is 69.5. The molecule has 0 N–H and O–H groups in total. The van der Waals surface area contributed by atoms with E-state index in [2.05, 4.69) is 31.9 Å². The van der Waals surface area contributed by atoms with E-state index in [-0.39, 0.29) is 69.4 Å². The maximum absolute atomic E-state index is 15.3. The van der Waals surface area contributed by atoms with Crippen LogP contribution in [0.5, 0.6) is 0 Å². The molecule has 6 aliphatic heterocycles. The Morgan fingerprint density at radius 2 is 0.522 bits per heavy atom. The van der Waals surface area contributed by atoms with Crippen molar-refractivity contribution in [1.82, 2.24) is 19.6 Å². The topological polar surface area (TPSA) is 150 Å². The van der Waals surface area contributed by atoms with E-state index < -0.39 is 63.1 Å². The lowest BCUT2D eigenvalue weighted by Gasteiger charge is -2.63. The predicted octanol–water partition coefficient (Wildman–Crippen LogP) is 12.2. The second-order valence-corrected chi connectivity index (χ2v) is 31.2. The number of thioether (sulfide) groups is 4. The lowest BCUT2D eigenvalue weighted by molar-refractivity contribution is -0.141. The first-order valence-corrected chi connectivity index (χ1v) is 34.1. The van der Waals surface area contributed by atoms with Gasteiger partial charge in [0, 0.05) is 11.8 Å². The van der Waals surface area contributed by atoms with Crippen LogP contribution in [0, 0.1) is 0 Å². The van der Waals surface area contributed by atoms with Gasteiger partial charge < -0.3 is 0 Å². The molecule has 440 valence electrons. The van der Waals surface area contributed by atoms with Gasteiger partial charge in [0.15, 0.2) is 0 Å². The first kappa shape index (κ1) is 56.2. The molecular weight excluding hydrogens is 1340 g/mol. The van der Waals surface area contributed by atoms with Crippen LogP contribution in [0.25, 0.3) is 0 Å². The maximum Gasteiger partial charge on any atom is 0.268 e. The Morgan fingerprint density at radius 3 is 0.800 bits per heavy atom. The average Bonchev–Trinajstić information content (AvgIpc) is 1.31. The van der Waals surface area contributed by atoms with E-state index >= 15 is 19.2 Å². The Bertz CT molecular complexity index is 4300. The molecule has 0 aromatic heterocycles. The van der Waals surface area contributed by atoms with E-state index in [1.807, 2.05) is 218 Å². The van der Waals surface area contributed by atoms with E-state index in [1.165, 1.54) is 19.6 Å². The van der Waals surface area contributed by atoms with Crippen LogP contribution in [0.3, 0.4) is 0 Å². The fourth-order valence-electron chi connectivity index (χ4n) is 16.0. The minimum absolute atomic E-state index is 0.0955. The van der Waals surface area contributed by atoms with Gasteiger partial charge in [-0.3, -0.25) is 58.0 Å². The summed E-state index contributed by atoms with van der Waals surface area (Å²) < 4.78 is -8.14. The summed E-state index contributed by atoms with van der Waals surface area (Å²) in [5, 5.41) is 0. The lowest BCUT2D eigenvalue weighted by Crippen LogP contribution is -2.71. The number of rotatable bonds is 8. The van der Waals surface area contributed by atoms with Gasteiger partial charge in [0.05, 0.1) is 45.8 Å². The first-order valence-electron chi connectivity index (χ1n) is 29.3. The second kappa shape index (κ2) is 19.8. The molecule has 20 rings (SSSR count). The van der Waals surface area contributed by atoms with Crippen molar-refractivity contribution < 1.29 is 38.4 Å². The zero-order valence-corrected chi connectivity index (χ0v) is 53.6. The quantitative estimate of drug-likeness (QED) is 0.105. The lowest BCUT2D eigenvalue weighted by atomic mass is 9.53. The third kappa shape index (κ3) is 6.78. The summed E-state index contributed by atoms with van der Waals surface area (Å²) in [6.07, 6.45) is 0. The minimum Gasteiger partial charge on any atom is -0.275 e. The number of carbonyl (C=O) groups excluding carboxylic acids is 8. The smallest absolute Gasteiger partial charge is 0.268 e. The van der Waals surface area contributed by atoms with E-state index in [0.717, 1.165) is 114 Å². The molecule has 12 aliphatic rings. The number of imide groups is 4. The highest BCUT2D eigenvalue weighted by atomic mass is 79.9. The molecule has 90 heavy (non-hydrogen) atoms. The Balaban J connectivity index is 0.000000139. The highest BCUT2D eigenvalue weighted by Gasteiger charge is 2.89. The van der Waals surface area contributed by atoms with Gasteiger partial charge in [0.25, 0.3) is 23.6 Å². The molecule has 4 atom stereocenters. The monoisotopic (exact) mass is 1380 g/mol. The number of hydrogen-bond donors (Lipinski definition) is 0. The molecule has 8 aromatic carbocycles. The van der Waals surface area contributed by atoms with Crippen LogP contribution in [0.15, 0.2) is 238 Å². The number of likely N-dealkylation sites (tertiary alicyclic amines) is 2. The molecule has 12 nitrogen and oxygen atoms in total. The summed E-state index contributed by atoms with van der Waals surface area (Å²) in [7, 11) is 0. The number of carbonyl (C=O) groups is 8. The highest BCUT2D eigenvalue weighted by molar-refractivity contribution is 9.10. The Hall–Kier alpha value is -7.84. The Labute approximate surface area is 550 Å². The van der Waals surface area contributed by atoms with Crippen LogP contribution < -0.4 is 0 Å². The van der Waals surface area contributed by atoms with Crippen LogP contribution in [-0.4, -0.2) is 85.8 Å². The van der Waals surface area contributed by atoms with E-state index in [4.69, 9.17) is 0 Å². The van der Waals surface area contributed by atoms with Crippen LogP contribution in [0.4, 0.5) is 0 Å². The van der Waals surface area contributed by atoms with Crippen molar-refractivity contribution in [3.8, 4) is 0 Å². The molecular formula is C72H46Br2N4O8S4. The molecule has 18 heteroatoms. The normalized spacial score (nSPS) is 29.0. The number of benzene rings is 8. The summed E-state index contributed by atoms with van der Waals surface area (Å²) in [4.78, 5) is 124. The molecule has 0 radical (unpaired) electrons. The third-order valence-corrected chi connectivity index (χ3v) is 30.1. The average molecular weight is 1380 g/mol. The van der Waals surface area contributed by atoms with Gasteiger partial charge >= 0.3 is 0 Å². The first-order chi connectivity index (χ1) is 43.7. The van der Waals surface area contributed by atoms with Crippen molar-refractivity contribution in [1.29, 1.82) is 0 Å². The number of hydrogen-bond acceptors (Lipinski definition) is 12. The standard InChI is InChI=1S/2C36H23BrN2O4S2/c2*37-34-25-17-9-7-15-23(25)27(24-16-8-10-18-26(24)34)35-32(42)39(20-22-13-5-2-6-14-22)33(43)36(34,35)45-29-28(44-35)30(40)38(31(29)41)19-21-11-3-1-4-12-21/h2*1-18,27H,19-20H2/t2*27?,34?,35-,36-/m00/s1. The van der Waals surface area contributed by atoms with Gasteiger partial charge in [0.1, 0.15) is 27.6 Å². The number of alkyl halides is 2. The molecule has 8 amide bonds. The van der Waals surface area contributed by atoms with Gasteiger partial charge in [-0.2, -0.15) is 0 Å². The van der Waals surface area contributed by atoms with Crippen LogP contribution in [0.2, 0.25) is 0 Å². The van der Waals surface area contributed by atoms with Gasteiger partial charge in [-0.25, -0.2) is 0 Å². The van der Waals surface area contributed by atoms with Crippen molar-refractivity contribution in [2.24, 2.45) is 0 Å². The van der Waals surface area contributed by atoms with Crippen molar-refractivity contribution in [2.75, 3.05) is 0 Å². The second-order valence-electron chi connectivity index (χ2n) is 23.8. The minimum atomic E-state index is -1.48. The number of nitrogens with zero attached hydrogens (tertiary/aromatic N) is 4. The van der Waals surface area contributed by atoms with Crippen molar-refractivity contribution >= 4 is 126 Å². The van der Waals surface area contributed by atoms with Crippen LogP contribution in [0.1, 0.15) is 78.6 Å². The maximum atomic E-state index is 15.3. The van der Waals surface area contributed by atoms with E-state index in [9.17, 15) is 19.2 Å². The molecule has 8 aromatic rings. The summed E-state index contributed by atoms with van der Waals surface area (Å²) in [5.74, 6) is -4.14. The van der Waals surface area contributed by atoms with Crippen LogP contribution in [-0.2, 0) is 73.2 Å². The van der Waals surface area contributed by atoms with Gasteiger partial charge in [0.2, 0.25) is 23.6 Å². The molecule has 0 saturated carbocycles. The third-order valence-electron chi connectivity index (χ3n) is 19.6. The van der Waals surface area contributed by atoms with Gasteiger partial charge in [-0.1, -0.05) is 297 Å². The molecule has 6 heterocycles. The summed E-state index contributed by atoms with van der Waals surface area (Å²) >= 11 is 12.9. The number of halogens is 2. The summed E-state index contributed by atoms with van der Waals surface area (Å²) in [6.45, 7) is 0.409. The fourth-order valence-corrected chi connectivity index (χ4v) is 26.6. The molecule has 0 unspecified atom stereocenters. The predicted molar refractivity (Wildman–Crippen MR) is 352 cm³/mol.